The molecule has 1 fully saturated rings. The molecule has 2 N–H and O–H groups in total. The predicted molar refractivity (Wildman–Crippen MR) is 74.9 cm³/mol. The van der Waals surface area contributed by atoms with E-state index in [-0.39, 0.29) is 5.91 Å². The zero-order chi connectivity index (χ0) is 13.0. The maximum atomic E-state index is 11.6. The van der Waals surface area contributed by atoms with Crippen LogP contribution in [0.15, 0.2) is 24.3 Å². The lowest BCUT2D eigenvalue weighted by atomic mass is 10.1. The van der Waals surface area contributed by atoms with Crippen molar-refractivity contribution >= 4 is 11.6 Å². The summed E-state index contributed by atoms with van der Waals surface area (Å²) in [5.41, 5.74) is 1.84. The van der Waals surface area contributed by atoms with Gasteiger partial charge in [-0.25, -0.2) is 0 Å². The normalized spacial score (nSPS) is 22.8. The molecule has 1 aliphatic carbocycles. The summed E-state index contributed by atoms with van der Waals surface area (Å²) in [5, 5.41) is 6.36. The average Bonchev–Trinajstić information content (AvgIpc) is 2.76. The third kappa shape index (κ3) is 3.03. The monoisotopic (exact) mass is 246 g/mol. The Labute approximate surface area is 109 Å². The van der Waals surface area contributed by atoms with Crippen LogP contribution in [0.2, 0.25) is 0 Å². The van der Waals surface area contributed by atoms with E-state index in [2.05, 4.69) is 17.6 Å². The number of carbonyl (C=O) groups is 1. The summed E-state index contributed by atoms with van der Waals surface area (Å²) in [7, 11) is 0. The van der Waals surface area contributed by atoms with Crippen LogP contribution >= 0.6 is 0 Å². The van der Waals surface area contributed by atoms with Gasteiger partial charge in [-0.1, -0.05) is 13.3 Å². The Morgan fingerprint density at radius 2 is 2.00 bits per heavy atom. The van der Waals surface area contributed by atoms with Gasteiger partial charge in [0.2, 0.25) is 0 Å². The fourth-order valence-corrected chi connectivity index (χ4v) is 2.55. The first kappa shape index (κ1) is 12.9. The molecular formula is C15H22N2O. The summed E-state index contributed by atoms with van der Waals surface area (Å²) in [5.74, 6) is 0.742. The van der Waals surface area contributed by atoms with E-state index in [1.165, 1.54) is 19.3 Å². The fraction of sp³-hybridized carbons (Fsp3) is 0.533. The zero-order valence-corrected chi connectivity index (χ0v) is 11.2. The second-order valence-electron chi connectivity index (χ2n) is 5.10. The van der Waals surface area contributed by atoms with Crippen molar-refractivity contribution < 1.29 is 4.79 Å². The Kier molecular flexibility index (Phi) is 4.24. The van der Waals surface area contributed by atoms with Gasteiger partial charge in [0.25, 0.3) is 5.91 Å². The standard InChI is InChI=1S/C15H22N2O/c1-3-16-15(18)12-7-9-13(10-8-12)17-14-6-4-5-11(14)2/h7-11,14,17H,3-6H2,1-2H3,(H,16,18). The molecule has 0 heterocycles. The van der Waals surface area contributed by atoms with Gasteiger partial charge < -0.3 is 10.6 Å². The van der Waals surface area contributed by atoms with Gasteiger partial charge in [-0.2, -0.15) is 0 Å². The molecule has 3 heteroatoms. The van der Waals surface area contributed by atoms with Gasteiger partial charge in [-0.05, 0) is 49.9 Å². The molecule has 98 valence electrons. The number of rotatable bonds is 4. The highest BCUT2D eigenvalue weighted by molar-refractivity contribution is 5.94. The largest absolute Gasteiger partial charge is 0.382 e. The van der Waals surface area contributed by atoms with Gasteiger partial charge in [-0.15, -0.1) is 0 Å². The molecule has 1 aromatic rings. The molecule has 0 bridgehead atoms. The van der Waals surface area contributed by atoms with Crippen molar-refractivity contribution in [3.05, 3.63) is 29.8 Å². The fourth-order valence-electron chi connectivity index (χ4n) is 2.55. The SMILES string of the molecule is CCNC(=O)c1ccc(NC2CCCC2C)cc1. The Morgan fingerprint density at radius 1 is 1.28 bits per heavy atom. The maximum Gasteiger partial charge on any atom is 0.251 e. The van der Waals surface area contributed by atoms with E-state index in [0.29, 0.717) is 12.6 Å². The number of hydrogen-bond acceptors (Lipinski definition) is 2. The molecule has 0 radical (unpaired) electrons. The molecule has 2 unspecified atom stereocenters. The number of hydrogen-bond donors (Lipinski definition) is 2. The highest BCUT2D eigenvalue weighted by Gasteiger charge is 2.22. The van der Waals surface area contributed by atoms with Crippen LogP contribution in [0, 0.1) is 5.92 Å². The molecule has 2 rings (SSSR count). The molecule has 1 aliphatic rings. The molecule has 1 aromatic carbocycles. The van der Waals surface area contributed by atoms with Crippen molar-refractivity contribution in [2.45, 2.75) is 39.2 Å². The van der Waals surface area contributed by atoms with Crippen LogP contribution in [0.3, 0.4) is 0 Å². The van der Waals surface area contributed by atoms with Crippen molar-refractivity contribution in [1.29, 1.82) is 0 Å². The molecule has 18 heavy (non-hydrogen) atoms. The first-order valence-corrected chi connectivity index (χ1v) is 6.85. The van der Waals surface area contributed by atoms with Crippen molar-refractivity contribution in [3.63, 3.8) is 0 Å². The highest BCUT2D eigenvalue weighted by Crippen LogP contribution is 2.27. The smallest absolute Gasteiger partial charge is 0.251 e. The molecule has 1 amide bonds. The molecule has 3 nitrogen and oxygen atoms in total. The van der Waals surface area contributed by atoms with Gasteiger partial charge in [-0.3, -0.25) is 4.79 Å². The van der Waals surface area contributed by atoms with Crippen molar-refractivity contribution in [3.8, 4) is 0 Å². The van der Waals surface area contributed by atoms with E-state index in [1.807, 2.05) is 31.2 Å². The van der Waals surface area contributed by atoms with E-state index >= 15 is 0 Å². The quantitative estimate of drug-likeness (QED) is 0.857. The van der Waals surface area contributed by atoms with Crippen LogP contribution in [-0.2, 0) is 0 Å². The molecule has 0 spiro atoms. The maximum absolute atomic E-state index is 11.6. The van der Waals surface area contributed by atoms with E-state index in [4.69, 9.17) is 0 Å². The van der Waals surface area contributed by atoms with Crippen molar-refractivity contribution in [2.75, 3.05) is 11.9 Å². The molecule has 0 aliphatic heterocycles. The van der Waals surface area contributed by atoms with Crippen LogP contribution in [0.1, 0.15) is 43.5 Å². The number of amides is 1. The first-order valence-electron chi connectivity index (χ1n) is 6.85. The molecule has 1 saturated carbocycles. The van der Waals surface area contributed by atoms with E-state index < -0.39 is 0 Å². The lowest BCUT2D eigenvalue weighted by Gasteiger charge is -2.18. The lowest BCUT2D eigenvalue weighted by Crippen LogP contribution is -2.23. The average molecular weight is 246 g/mol. The summed E-state index contributed by atoms with van der Waals surface area (Å²) in [6, 6.07) is 8.34. The zero-order valence-electron chi connectivity index (χ0n) is 11.2. The predicted octanol–water partition coefficient (Wildman–Crippen LogP) is 3.04. The molecular weight excluding hydrogens is 224 g/mol. The van der Waals surface area contributed by atoms with Gasteiger partial charge >= 0.3 is 0 Å². The number of benzene rings is 1. The minimum Gasteiger partial charge on any atom is -0.382 e. The second kappa shape index (κ2) is 5.89. The van der Waals surface area contributed by atoms with Gasteiger partial charge in [0.15, 0.2) is 0 Å². The Bertz CT molecular complexity index is 399. The lowest BCUT2D eigenvalue weighted by molar-refractivity contribution is 0.0956. The van der Waals surface area contributed by atoms with E-state index in [1.54, 1.807) is 0 Å². The van der Waals surface area contributed by atoms with Crippen molar-refractivity contribution in [1.82, 2.24) is 5.32 Å². The Balaban J connectivity index is 1.97. The number of anilines is 1. The summed E-state index contributed by atoms with van der Waals surface area (Å²) >= 11 is 0. The minimum atomic E-state index is -0.00159. The molecule has 0 saturated heterocycles. The third-order valence-electron chi connectivity index (χ3n) is 3.70. The molecule has 2 atom stereocenters. The Hall–Kier alpha value is -1.51. The summed E-state index contributed by atoms with van der Waals surface area (Å²) in [6.45, 7) is 4.89. The van der Waals surface area contributed by atoms with E-state index in [0.717, 1.165) is 17.2 Å². The summed E-state index contributed by atoms with van der Waals surface area (Å²) in [6.07, 6.45) is 3.88. The van der Waals surface area contributed by atoms with Crippen LogP contribution in [0.25, 0.3) is 0 Å². The highest BCUT2D eigenvalue weighted by atomic mass is 16.1. The van der Waals surface area contributed by atoms with Crippen LogP contribution in [0.4, 0.5) is 5.69 Å². The first-order chi connectivity index (χ1) is 8.70. The topological polar surface area (TPSA) is 41.1 Å². The summed E-state index contributed by atoms with van der Waals surface area (Å²) < 4.78 is 0. The Morgan fingerprint density at radius 3 is 2.56 bits per heavy atom. The summed E-state index contributed by atoms with van der Waals surface area (Å²) in [4.78, 5) is 11.6. The molecule has 0 aromatic heterocycles. The van der Waals surface area contributed by atoms with Crippen LogP contribution in [0.5, 0.6) is 0 Å². The van der Waals surface area contributed by atoms with E-state index in [9.17, 15) is 4.79 Å². The van der Waals surface area contributed by atoms with Gasteiger partial charge in [0.05, 0.1) is 0 Å². The van der Waals surface area contributed by atoms with Gasteiger partial charge in [0.1, 0.15) is 0 Å². The van der Waals surface area contributed by atoms with Gasteiger partial charge in [0, 0.05) is 23.8 Å². The van der Waals surface area contributed by atoms with Crippen LogP contribution < -0.4 is 10.6 Å². The minimum absolute atomic E-state index is 0.00159. The number of carbonyl (C=O) groups excluding carboxylic acids is 1. The second-order valence-corrected chi connectivity index (χ2v) is 5.10. The van der Waals surface area contributed by atoms with Crippen molar-refractivity contribution in [2.24, 2.45) is 5.92 Å². The third-order valence-corrected chi connectivity index (χ3v) is 3.70. The number of nitrogens with one attached hydrogen (secondary N) is 2. The van der Waals surface area contributed by atoms with Crippen LogP contribution in [-0.4, -0.2) is 18.5 Å².